The lowest BCUT2D eigenvalue weighted by atomic mass is 10.1. The van der Waals surface area contributed by atoms with E-state index in [1.807, 2.05) is 6.07 Å². The lowest BCUT2D eigenvalue weighted by Gasteiger charge is -2.00. The molecule has 0 unspecified atom stereocenters. The molecular formula is C13H13I2NO. The Kier molecular flexibility index (Phi) is 5.27. The van der Waals surface area contributed by atoms with Crippen LogP contribution in [0.4, 0.5) is 0 Å². The molecule has 1 heterocycles. The molecule has 2 aromatic rings. The van der Waals surface area contributed by atoms with Gasteiger partial charge in [0.15, 0.2) is 0 Å². The van der Waals surface area contributed by atoms with Gasteiger partial charge in [-0.2, -0.15) is 0 Å². The number of alkyl halides is 2. The highest BCUT2D eigenvalue weighted by Crippen LogP contribution is 2.21. The minimum absolute atomic E-state index is 0.865. The van der Waals surface area contributed by atoms with Crippen molar-refractivity contribution >= 4 is 45.2 Å². The maximum atomic E-state index is 5.44. The number of hydrogen-bond acceptors (Lipinski definition) is 2. The largest absolute Gasteiger partial charge is 0.361 e. The second-order valence-electron chi connectivity index (χ2n) is 3.77. The molecule has 0 atom stereocenters. The summed E-state index contributed by atoms with van der Waals surface area (Å²) in [6, 6.07) is 10.4. The maximum absolute atomic E-state index is 5.44. The van der Waals surface area contributed by atoms with Gasteiger partial charge in [0.2, 0.25) is 0 Å². The molecule has 0 aliphatic rings. The summed E-state index contributed by atoms with van der Waals surface area (Å²) in [6.45, 7) is 0. The van der Waals surface area contributed by atoms with E-state index in [4.69, 9.17) is 4.52 Å². The number of hydrogen-bond donors (Lipinski definition) is 0. The van der Waals surface area contributed by atoms with Gasteiger partial charge >= 0.3 is 0 Å². The SMILES string of the molecule is ICCc1onc(Cc2ccccc2)c1CI. The molecule has 2 rings (SSSR count). The number of halogens is 2. The van der Waals surface area contributed by atoms with E-state index in [-0.39, 0.29) is 0 Å². The van der Waals surface area contributed by atoms with Crippen LogP contribution in [0, 0.1) is 0 Å². The van der Waals surface area contributed by atoms with E-state index in [0.29, 0.717) is 0 Å². The molecular weight excluding hydrogens is 440 g/mol. The molecule has 0 N–H and O–H groups in total. The Balaban J connectivity index is 2.21. The fourth-order valence-corrected chi connectivity index (χ4v) is 3.10. The molecule has 0 saturated carbocycles. The zero-order valence-electron chi connectivity index (χ0n) is 9.33. The van der Waals surface area contributed by atoms with Crippen LogP contribution in [0.2, 0.25) is 0 Å². The number of rotatable bonds is 5. The molecule has 1 aromatic carbocycles. The van der Waals surface area contributed by atoms with Crippen LogP contribution in [0.5, 0.6) is 0 Å². The number of benzene rings is 1. The summed E-state index contributed by atoms with van der Waals surface area (Å²) >= 11 is 4.75. The quantitative estimate of drug-likeness (QED) is 0.502. The molecule has 0 fully saturated rings. The van der Waals surface area contributed by atoms with Gasteiger partial charge in [-0.05, 0) is 5.56 Å². The van der Waals surface area contributed by atoms with Gasteiger partial charge < -0.3 is 4.52 Å². The molecule has 1 aromatic heterocycles. The van der Waals surface area contributed by atoms with E-state index in [2.05, 4.69) is 74.6 Å². The van der Waals surface area contributed by atoms with Gasteiger partial charge in [0.05, 0.1) is 5.69 Å². The molecule has 4 heteroatoms. The van der Waals surface area contributed by atoms with Crippen molar-refractivity contribution in [1.82, 2.24) is 5.16 Å². The molecule has 90 valence electrons. The molecule has 0 aliphatic carbocycles. The van der Waals surface area contributed by atoms with Crippen molar-refractivity contribution in [2.75, 3.05) is 4.43 Å². The third-order valence-corrected chi connectivity index (χ3v) is 3.92. The summed E-state index contributed by atoms with van der Waals surface area (Å²) in [5.41, 5.74) is 3.66. The first-order valence-corrected chi connectivity index (χ1v) is 8.52. The molecule has 17 heavy (non-hydrogen) atoms. The average Bonchev–Trinajstić information content (AvgIpc) is 2.73. The highest BCUT2D eigenvalue weighted by molar-refractivity contribution is 14.1. The molecule has 2 nitrogen and oxygen atoms in total. The van der Waals surface area contributed by atoms with Gasteiger partial charge in [0.1, 0.15) is 5.76 Å². The minimum Gasteiger partial charge on any atom is -0.361 e. The predicted molar refractivity (Wildman–Crippen MR) is 86.1 cm³/mol. The van der Waals surface area contributed by atoms with Gasteiger partial charge in [-0.15, -0.1) is 0 Å². The van der Waals surface area contributed by atoms with E-state index in [0.717, 1.165) is 33.2 Å². The first-order chi connectivity index (χ1) is 8.35. The van der Waals surface area contributed by atoms with E-state index < -0.39 is 0 Å². The van der Waals surface area contributed by atoms with E-state index in [1.54, 1.807) is 0 Å². The first kappa shape index (κ1) is 13.3. The molecule has 0 amide bonds. The fraction of sp³-hybridized carbons (Fsp3) is 0.308. The monoisotopic (exact) mass is 453 g/mol. The van der Waals surface area contributed by atoms with E-state index >= 15 is 0 Å². The van der Waals surface area contributed by atoms with Crippen LogP contribution in [-0.2, 0) is 17.3 Å². The molecule has 0 radical (unpaired) electrons. The first-order valence-electron chi connectivity index (χ1n) is 5.47. The number of aryl methyl sites for hydroxylation is 1. The lowest BCUT2D eigenvalue weighted by molar-refractivity contribution is 0.382. The second-order valence-corrected chi connectivity index (χ2v) is 5.61. The van der Waals surface area contributed by atoms with Crippen LogP contribution >= 0.6 is 45.2 Å². The third-order valence-electron chi connectivity index (χ3n) is 2.62. The van der Waals surface area contributed by atoms with Gasteiger partial charge in [-0.25, -0.2) is 0 Å². The van der Waals surface area contributed by atoms with Gasteiger partial charge in [0, 0.05) is 27.3 Å². The second kappa shape index (κ2) is 6.72. The molecule has 0 bridgehead atoms. The normalized spacial score (nSPS) is 10.7. The van der Waals surface area contributed by atoms with Crippen LogP contribution in [0.3, 0.4) is 0 Å². The predicted octanol–water partition coefficient (Wildman–Crippen LogP) is 4.18. The van der Waals surface area contributed by atoms with E-state index in [9.17, 15) is 0 Å². The van der Waals surface area contributed by atoms with Gasteiger partial charge in [-0.1, -0.05) is 80.7 Å². The summed E-state index contributed by atoms with van der Waals surface area (Å²) < 4.78 is 7.48. The summed E-state index contributed by atoms with van der Waals surface area (Å²) in [5, 5.41) is 4.22. The number of nitrogens with zero attached hydrogens (tertiary/aromatic N) is 1. The molecule has 0 saturated heterocycles. The van der Waals surface area contributed by atoms with Gasteiger partial charge in [0.25, 0.3) is 0 Å². The topological polar surface area (TPSA) is 26.0 Å². The highest BCUT2D eigenvalue weighted by Gasteiger charge is 2.14. The zero-order chi connectivity index (χ0) is 12.1. The third kappa shape index (κ3) is 3.43. The zero-order valence-corrected chi connectivity index (χ0v) is 13.6. The summed E-state index contributed by atoms with van der Waals surface area (Å²) in [4.78, 5) is 0. The minimum atomic E-state index is 0.865. The Labute approximate surface area is 128 Å². The Morgan fingerprint density at radius 2 is 1.88 bits per heavy atom. The summed E-state index contributed by atoms with van der Waals surface area (Å²) in [6.07, 6.45) is 1.84. The van der Waals surface area contributed by atoms with Crippen molar-refractivity contribution in [1.29, 1.82) is 0 Å². The molecule has 0 spiro atoms. The maximum Gasteiger partial charge on any atom is 0.141 e. The Bertz CT molecular complexity index is 468. The summed E-state index contributed by atoms with van der Waals surface area (Å²) in [7, 11) is 0. The average molecular weight is 453 g/mol. The van der Waals surface area contributed by atoms with Crippen LogP contribution in [0.25, 0.3) is 0 Å². The van der Waals surface area contributed by atoms with Crippen molar-refractivity contribution in [3.8, 4) is 0 Å². The van der Waals surface area contributed by atoms with Crippen LogP contribution in [0.15, 0.2) is 34.9 Å². The van der Waals surface area contributed by atoms with Crippen LogP contribution in [-0.4, -0.2) is 9.58 Å². The smallest absolute Gasteiger partial charge is 0.141 e. The van der Waals surface area contributed by atoms with Crippen molar-refractivity contribution in [2.24, 2.45) is 0 Å². The van der Waals surface area contributed by atoms with Crippen LogP contribution < -0.4 is 0 Å². The Morgan fingerprint density at radius 1 is 1.12 bits per heavy atom. The van der Waals surface area contributed by atoms with Crippen molar-refractivity contribution < 1.29 is 4.52 Å². The van der Waals surface area contributed by atoms with Gasteiger partial charge in [-0.3, -0.25) is 0 Å². The molecule has 0 aliphatic heterocycles. The summed E-state index contributed by atoms with van der Waals surface area (Å²) in [5.74, 6) is 1.06. The lowest BCUT2D eigenvalue weighted by Crippen LogP contribution is -1.94. The van der Waals surface area contributed by atoms with Crippen molar-refractivity contribution in [3.63, 3.8) is 0 Å². The standard InChI is InChI=1S/C13H13I2NO/c14-7-6-13-11(9-15)12(16-17-13)8-10-4-2-1-3-5-10/h1-5H,6-9H2. The number of aromatic nitrogens is 1. The van der Waals surface area contributed by atoms with E-state index in [1.165, 1.54) is 11.1 Å². The van der Waals surface area contributed by atoms with Crippen molar-refractivity contribution in [3.05, 3.63) is 52.9 Å². The highest BCUT2D eigenvalue weighted by atomic mass is 127. The Morgan fingerprint density at radius 3 is 2.53 bits per heavy atom. The Hall–Kier alpha value is -0.110. The van der Waals surface area contributed by atoms with Crippen LogP contribution in [0.1, 0.15) is 22.6 Å². The van der Waals surface area contributed by atoms with Crippen molar-refractivity contribution in [2.45, 2.75) is 17.3 Å². The fourth-order valence-electron chi connectivity index (χ4n) is 1.74.